The van der Waals surface area contributed by atoms with Gasteiger partial charge in [-0.1, -0.05) is 41.4 Å². The molecule has 2 unspecified atom stereocenters. The Hall–Kier alpha value is -0.740. The van der Waals surface area contributed by atoms with Crippen LogP contribution in [0.25, 0.3) is 0 Å². The Kier molecular flexibility index (Phi) is 4.74. The summed E-state index contributed by atoms with van der Waals surface area (Å²) in [6.07, 6.45) is -0.516. The number of halogens is 2. The number of anilines is 1. The SMILES string of the molecule is CC(O)c1ccccc1NC(C)c1cc(Cl)sc1Cl. The average Bonchev–Trinajstić information content (AvgIpc) is 2.69. The standard InChI is InChI=1S/C14H15Cl2NOS/c1-8(11-7-13(15)19-14(11)16)17-12-6-4-3-5-10(12)9(2)18/h3-9,17-18H,1-2H3. The van der Waals surface area contributed by atoms with Gasteiger partial charge in [-0.15, -0.1) is 11.3 Å². The minimum absolute atomic E-state index is 0.0242. The van der Waals surface area contributed by atoms with E-state index in [4.69, 9.17) is 23.2 Å². The monoisotopic (exact) mass is 315 g/mol. The van der Waals surface area contributed by atoms with Crippen molar-refractivity contribution in [2.75, 3.05) is 5.32 Å². The molecule has 0 aliphatic heterocycles. The van der Waals surface area contributed by atoms with E-state index in [0.717, 1.165) is 16.8 Å². The quantitative estimate of drug-likeness (QED) is 0.804. The van der Waals surface area contributed by atoms with Gasteiger partial charge in [0.2, 0.25) is 0 Å². The summed E-state index contributed by atoms with van der Waals surface area (Å²) in [5.41, 5.74) is 2.74. The first kappa shape index (κ1) is 14.7. The third-order valence-electron chi connectivity index (χ3n) is 2.93. The van der Waals surface area contributed by atoms with Crippen LogP contribution in [0.4, 0.5) is 5.69 Å². The molecule has 5 heteroatoms. The zero-order chi connectivity index (χ0) is 14.0. The lowest BCUT2D eigenvalue weighted by Crippen LogP contribution is -2.09. The number of hydrogen-bond donors (Lipinski definition) is 2. The van der Waals surface area contributed by atoms with Crippen LogP contribution in [-0.2, 0) is 0 Å². The third kappa shape index (κ3) is 3.42. The van der Waals surface area contributed by atoms with Gasteiger partial charge in [-0.3, -0.25) is 0 Å². The van der Waals surface area contributed by atoms with Gasteiger partial charge in [-0.25, -0.2) is 0 Å². The molecule has 0 spiro atoms. The van der Waals surface area contributed by atoms with Gasteiger partial charge in [-0.2, -0.15) is 0 Å². The predicted molar refractivity (Wildman–Crippen MR) is 83.5 cm³/mol. The van der Waals surface area contributed by atoms with Crippen LogP contribution < -0.4 is 5.32 Å². The maximum atomic E-state index is 9.76. The number of benzene rings is 1. The van der Waals surface area contributed by atoms with Crippen LogP contribution >= 0.6 is 34.5 Å². The fourth-order valence-corrected chi connectivity index (χ4v) is 3.60. The summed E-state index contributed by atoms with van der Waals surface area (Å²) in [7, 11) is 0. The number of para-hydroxylation sites is 1. The zero-order valence-electron chi connectivity index (χ0n) is 10.7. The van der Waals surface area contributed by atoms with Gasteiger partial charge in [0.15, 0.2) is 0 Å². The summed E-state index contributed by atoms with van der Waals surface area (Å²) in [5, 5.41) is 13.1. The summed E-state index contributed by atoms with van der Waals surface area (Å²) >= 11 is 13.5. The van der Waals surface area contributed by atoms with E-state index >= 15 is 0 Å². The maximum Gasteiger partial charge on any atom is 0.0996 e. The highest BCUT2D eigenvalue weighted by Gasteiger charge is 2.15. The molecule has 2 rings (SSSR count). The minimum atomic E-state index is -0.516. The lowest BCUT2D eigenvalue weighted by Gasteiger charge is -2.19. The summed E-state index contributed by atoms with van der Waals surface area (Å²) < 4.78 is 1.37. The molecule has 2 aromatic rings. The Morgan fingerprint density at radius 3 is 2.42 bits per heavy atom. The second-order valence-electron chi connectivity index (χ2n) is 4.41. The van der Waals surface area contributed by atoms with Crippen molar-refractivity contribution in [1.82, 2.24) is 0 Å². The van der Waals surface area contributed by atoms with Crippen molar-refractivity contribution in [3.05, 3.63) is 50.1 Å². The van der Waals surface area contributed by atoms with E-state index < -0.39 is 6.10 Å². The number of aliphatic hydroxyl groups is 1. The van der Waals surface area contributed by atoms with Crippen LogP contribution in [0, 0.1) is 0 Å². The van der Waals surface area contributed by atoms with Crippen molar-refractivity contribution in [2.45, 2.75) is 26.0 Å². The first-order valence-corrected chi connectivity index (χ1v) is 7.54. The number of hydrogen-bond acceptors (Lipinski definition) is 3. The molecule has 0 aliphatic rings. The fraction of sp³-hybridized carbons (Fsp3) is 0.286. The van der Waals surface area contributed by atoms with Gasteiger partial charge in [0.05, 0.1) is 20.8 Å². The second-order valence-corrected chi connectivity index (χ2v) is 6.69. The topological polar surface area (TPSA) is 32.3 Å². The van der Waals surface area contributed by atoms with E-state index in [0.29, 0.717) is 8.67 Å². The molecule has 0 fully saturated rings. The molecule has 1 aromatic carbocycles. The number of nitrogens with one attached hydrogen (secondary N) is 1. The van der Waals surface area contributed by atoms with Gasteiger partial charge < -0.3 is 10.4 Å². The zero-order valence-corrected chi connectivity index (χ0v) is 13.0. The van der Waals surface area contributed by atoms with Crippen molar-refractivity contribution < 1.29 is 5.11 Å². The van der Waals surface area contributed by atoms with Gasteiger partial charge in [0, 0.05) is 16.8 Å². The fourth-order valence-electron chi connectivity index (χ4n) is 1.95. The van der Waals surface area contributed by atoms with Gasteiger partial charge in [0.1, 0.15) is 0 Å². The average molecular weight is 316 g/mol. The molecule has 0 saturated heterocycles. The molecule has 0 amide bonds. The summed E-state index contributed by atoms with van der Waals surface area (Å²) in [6, 6.07) is 9.59. The predicted octanol–water partition coefficient (Wildman–Crippen LogP) is 5.28. The van der Waals surface area contributed by atoms with E-state index in [1.165, 1.54) is 11.3 Å². The second kappa shape index (κ2) is 6.14. The Morgan fingerprint density at radius 1 is 1.16 bits per heavy atom. The molecule has 2 atom stereocenters. The third-order valence-corrected chi connectivity index (χ3v) is 4.45. The van der Waals surface area contributed by atoms with Crippen molar-refractivity contribution in [2.24, 2.45) is 0 Å². The van der Waals surface area contributed by atoms with Gasteiger partial charge >= 0.3 is 0 Å². The lowest BCUT2D eigenvalue weighted by molar-refractivity contribution is 0.200. The molecule has 0 bridgehead atoms. The Bertz CT molecular complexity index is 568. The highest BCUT2D eigenvalue weighted by Crippen LogP contribution is 2.36. The molecule has 0 aliphatic carbocycles. The molecule has 0 radical (unpaired) electrons. The first-order valence-electron chi connectivity index (χ1n) is 5.97. The van der Waals surface area contributed by atoms with Crippen LogP contribution in [0.2, 0.25) is 8.67 Å². The molecule has 1 aromatic heterocycles. The highest BCUT2D eigenvalue weighted by molar-refractivity contribution is 7.20. The Morgan fingerprint density at radius 2 is 1.84 bits per heavy atom. The smallest absolute Gasteiger partial charge is 0.0996 e. The number of thiophene rings is 1. The van der Waals surface area contributed by atoms with Gasteiger partial charge in [0.25, 0.3) is 0 Å². The van der Waals surface area contributed by atoms with Crippen LogP contribution in [0.1, 0.15) is 37.1 Å². The lowest BCUT2D eigenvalue weighted by atomic mass is 10.1. The molecule has 2 nitrogen and oxygen atoms in total. The van der Waals surface area contributed by atoms with Crippen LogP contribution in [-0.4, -0.2) is 5.11 Å². The molecular weight excluding hydrogens is 301 g/mol. The molecule has 0 saturated carbocycles. The van der Waals surface area contributed by atoms with Crippen molar-refractivity contribution >= 4 is 40.2 Å². The normalized spacial score (nSPS) is 14.2. The maximum absolute atomic E-state index is 9.76. The highest BCUT2D eigenvalue weighted by atomic mass is 35.5. The summed E-state index contributed by atoms with van der Waals surface area (Å²) in [6.45, 7) is 3.77. The summed E-state index contributed by atoms with van der Waals surface area (Å²) in [5.74, 6) is 0. The number of aliphatic hydroxyl groups excluding tert-OH is 1. The number of rotatable bonds is 4. The van der Waals surface area contributed by atoms with E-state index in [1.807, 2.05) is 37.3 Å². The van der Waals surface area contributed by atoms with E-state index in [1.54, 1.807) is 6.92 Å². The van der Waals surface area contributed by atoms with Crippen LogP contribution in [0.3, 0.4) is 0 Å². The minimum Gasteiger partial charge on any atom is -0.389 e. The van der Waals surface area contributed by atoms with Crippen LogP contribution in [0.5, 0.6) is 0 Å². The van der Waals surface area contributed by atoms with Crippen LogP contribution in [0.15, 0.2) is 30.3 Å². The molecular formula is C14H15Cl2NOS. The molecule has 2 N–H and O–H groups in total. The van der Waals surface area contributed by atoms with E-state index in [-0.39, 0.29) is 6.04 Å². The molecule has 102 valence electrons. The van der Waals surface area contributed by atoms with Crippen molar-refractivity contribution in [3.63, 3.8) is 0 Å². The Balaban J connectivity index is 2.24. The van der Waals surface area contributed by atoms with E-state index in [9.17, 15) is 5.11 Å². The van der Waals surface area contributed by atoms with Gasteiger partial charge in [-0.05, 0) is 26.0 Å². The summed E-state index contributed by atoms with van der Waals surface area (Å²) in [4.78, 5) is 0. The van der Waals surface area contributed by atoms with E-state index in [2.05, 4.69) is 5.32 Å². The first-order chi connectivity index (χ1) is 8.99. The van der Waals surface area contributed by atoms with Crippen molar-refractivity contribution in [1.29, 1.82) is 0 Å². The molecule has 19 heavy (non-hydrogen) atoms. The molecule has 1 heterocycles. The van der Waals surface area contributed by atoms with Crippen molar-refractivity contribution in [3.8, 4) is 0 Å². The largest absolute Gasteiger partial charge is 0.389 e. The Labute approximate surface area is 127 Å².